The molecule has 170 valence electrons. The maximum absolute atomic E-state index is 12.9. The van der Waals surface area contributed by atoms with Crippen molar-refractivity contribution < 1.29 is 4.79 Å². The standard InChI is InChI=1S/C25H23N7O2/c33-24-9-7-22(19-4-2-1-3-5-19)29-32(24)18-25(34)31-16-14-30(15-17-31)23-8-6-21(27-28-23)20-10-12-26-13-11-20/h1-13H,14-18H2. The highest BCUT2D eigenvalue weighted by atomic mass is 16.2. The Morgan fingerprint density at radius 1 is 0.765 bits per heavy atom. The molecule has 0 atom stereocenters. The lowest BCUT2D eigenvalue weighted by molar-refractivity contribution is -0.132. The van der Waals surface area contributed by atoms with Crippen LogP contribution in [0.4, 0.5) is 5.82 Å². The van der Waals surface area contributed by atoms with Crippen molar-refractivity contribution in [2.45, 2.75) is 6.54 Å². The Morgan fingerprint density at radius 3 is 2.18 bits per heavy atom. The van der Waals surface area contributed by atoms with E-state index in [2.05, 4.69) is 25.2 Å². The van der Waals surface area contributed by atoms with E-state index in [4.69, 9.17) is 0 Å². The van der Waals surface area contributed by atoms with E-state index in [0.29, 0.717) is 31.9 Å². The molecule has 0 saturated carbocycles. The van der Waals surface area contributed by atoms with Crippen molar-refractivity contribution in [3.8, 4) is 22.5 Å². The minimum Gasteiger partial charge on any atom is -0.352 e. The van der Waals surface area contributed by atoms with E-state index in [9.17, 15) is 9.59 Å². The highest BCUT2D eigenvalue weighted by Gasteiger charge is 2.23. The fraction of sp³-hybridized carbons (Fsp3) is 0.200. The van der Waals surface area contributed by atoms with E-state index in [1.165, 1.54) is 10.7 Å². The van der Waals surface area contributed by atoms with Crippen LogP contribution in [0.5, 0.6) is 0 Å². The molecule has 4 aromatic rings. The number of hydrogen-bond acceptors (Lipinski definition) is 7. The lowest BCUT2D eigenvalue weighted by atomic mass is 10.1. The quantitative estimate of drug-likeness (QED) is 0.457. The summed E-state index contributed by atoms with van der Waals surface area (Å²) in [5.41, 5.74) is 3.01. The van der Waals surface area contributed by atoms with Crippen LogP contribution in [0, 0.1) is 0 Å². The fourth-order valence-electron chi connectivity index (χ4n) is 3.91. The maximum atomic E-state index is 12.9. The van der Waals surface area contributed by atoms with Gasteiger partial charge in [0.15, 0.2) is 5.82 Å². The molecule has 1 aromatic carbocycles. The molecule has 0 radical (unpaired) electrons. The van der Waals surface area contributed by atoms with Gasteiger partial charge in [0.1, 0.15) is 6.54 Å². The van der Waals surface area contributed by atoms with Crippen LogP contribution in [-0.4, -0.2) is 61.9 Å². The molecule has 1 amide bonds. The Hall–Kier alpha value is -4.40. The molecule has 0 spiro atoms. The third-order valence-electron chi connectivity index (χ3n) is 5.80. The second kappa shape index (κ2) is 9.62. The van der Waals surface area contributed by atoms with Gasteiger partial charge < -0.3 is 9.80 Å². The number of carbonyl (C=O) groups excluding carboxylic acids is 1. The summed E-state index contributed by atoms with van der Waals surface area (Å²) in [6.45, 7) is 2.28. The third-order valence-corrected chi connectivity index (χ3v) is 5.80. The summed E-state index contributed by atoms with van der Waals surface area (Å²) in [6.07, 6.45) is 3.45. The molecule has 5 rings (SSSR count). The van der Waals surface area contributed by atoms with Gasteiger partial charge in [-0.1, -0.05) is 30.3 Å². The molecule has 0 aliphatic carbocycles. The van der Waals surface area contributed by atoms with Crippen molar-refractivity contribution >= 4 is 11.7 Å². The van der Waals surface area contributed by atoms with Crippen LogP contribution >= 0.6 is 0 Å². The first-order chi connectivity index (χ1) is 16.7. The molecule has 1 aliphatic rings. The highest BCUT2D eigenvalue weighted by molar-refractivity contribution is 5.76. The summed E-state index contributed by atoms with van der Waals surface area (Å²) < 4.78 is 1.24. The predicted molar refractivity (Wildman–Crippen MR) is 128 cm³/mol. The number of amides is 1. The van der Waals surface area contributed by atoms with Gasteiger partial charge in [-0.3, -0.25) is 14.6 Å². The number of rotatable bonds is 5. The lowest BCUT2D eigenvalue weighted by Gasteiger charge is -2.35. The van der Waals surface area contributed by atoms with Crippen molar-refractivity contribution in [1.29, 1.82) is 0 Å². The van der Waals surface area contributed by atoms with Crippen molar-refractivity contribution in [2.24, 2.45) is 0 Å². The Labute approximate surface area is 196 Å². The molecule has 34 heavy (non-hydrogen) atoms. The first-order valence-electron chi connectivity index (χ1n) is 11.1. The minimum absolute atomic E-state index is 0.0834. The van der Waals surface area contributed by atoms with E-state index in [0.717, 1.165) is 22.6 Å². The Bertz CT molecular complexity index is 1320. The second-order valence-electron chi connectivity index (χ2n) is 7.96. The highest BCUT2D eigenvalue weighted by Crippen LogP contribution is 2.19. The van der Waals surface area contributed by atoms with Gasteiger partial charge in [0.25, 0.3) is 5.56 Å². The van der Waals surface area contributed by atoms with Gasteiger partial charge in [0.05, 0.1) is 11.4 Å². The van der Waals surface area contributed by atoms with Crippen molar-refractivity contribution in [2.75, 3.05) is 31.1 Å². The average Bonchev–Trinajstić information content (AvgIpc) is 2.91. The predicted octanol–water partition coefficient (Wildman–Crippen LogP) is 2.11. The fourth-order valence-corrected chi connectivity index (χ4v) is 3.91. The zero-order chi connectivity index (χ0) is 23.3. The Kier molecular flexibility index (Phi) is 6.07. The molecule has 0 bridgehead atoms. The lowest BCUT2D eigenvalue weighted by Crippen LogP contribution is -2.50. The van der Waals surface area contributed by atoms with E-state index >= 15 is 0 Å². The normalized spacial score (nSPS) is 13.6. The zero-order valence-electron chi connectivity index (χ0n) is 18.5. The molecule has 1 fully saturated rings. The van der Waals surface area contributed by atoms with Gasteiger partial charge >= 0.3 is 0 Å². The molecule has 1 aliphatic heterocycles. The van der Waals surface area contributed by atoms with Crippen LogP contribution in [0.15, 0.2) is 83.9 Å². The maximum Gasteiger partial charge on any atom is 0.267 e. The van der Waals surface area contributed by atoms with Gasteiger partial charge in [-0.05, 0) is 30.3 Å². The first kappa shape index (κ1) is 21.4. The molecule has 3 aromatic heterocycles. The van der Waals surface area contributed by atoms with Crippen LogP contribution in [0.25, 0.3) is 22.5 Å². The van der Waals surface area contributed by atoms with Crippen molar-refractivity contribution in [3.05, 3.63) is 89.5 Å². The summed E-state index contributed by atoms with van der Waals surface area (Å²) in [7, 11) is 0. The minimum atomic E-state index is -0.295. The molecule has 9 heteroatoms. The number of carbonyl (C=O) groups is 1. The molecule has 9 nitrogen and oxygen atoms in total. The summed E-state index contributed by atoms with van der Waals surface area (Å²) in [6, 6.07) is 20.4. The van der Waals surface area contributed by atoms with E-state index < -0.39 is 0 Å². The van der Waals surface area contributed by atoms with Crippen molar-refractivity contribution in [1.82, 2.24) is 29.9 Å². The Balaban J connectivity index is 1.21. The number of aromatic nitrogens is 5. The average molecular weight is 454 g/mol. The Morgan fingerprint density at radius 2 is 1.47 bits per heavy atom. The zero-order valence-corrected chi connectivity index (χ0v) is 18.5. The van der Waals surface area contributed by atoms with Crippen LogP contribution in [0.1, 0.15) is 0 Å². The first-order valence-corrected chi connectivity index (χ1v) is 11.1. The summed E-state index contributed by atoms with van der Waals surface area (Å²) in [4.78, 5) is 33.1. The third kappa shape index (κ3) is 4.68. The van der Waals surface area contributed by atoms with Gasteiger partial charge in [0, 0.05) is 55.8 Å². The number of benzene rings is 1. The second-order valence-corrected chi connectivity index (χ2v) is 7.96. The topological polar surface area (TPSA) is 97.1 Å². The van der Waals surface area contributed by atoms with Crippen LogP contribution in [0.3, 0.4) is 0 Å². The number of nitrogens with zero attached hydrogens (tertiary/aromatic N) is 7. The smallest absolute Gasteiger partial charge is 0.267 e. The monoisotopic (exact) mass is 453 g/mol. The van der Waals surface area contributed by atoms with Gasteiger partial charge in [0.2, 0.25) is 5.91 Å². The van der Waals surface area contributed by atoms with E-state index in [1.807, 2.05) is 54.6 Å². The summed E-state index contributed by atoms with van der Waals surface area (Å²) in [5, 5.41) is 13.1. The largest absolute Gasteiger partial charge is 0.352 e. The molecule has 4 heterocycles. The number of anilines is 1. The van der Waals surface area contributed by atoms with Gasteiger partial charge in [-0.25, -0.2) is 4.68 Å². The molecule has 1 saturated heterocycles. The van der Waals surface area contributed by atoms with Crippen molar-refractivity contribution in [3.63, 3.8) is 0 Å². The van der Waals surface area contributed by atoms with Crippen LogP contribution < -0.4 is 10.5 Å². The van der Waals surface area contributed by atoms with Crippen LogP contribution in [-0.2, 0) is 11.3 Å². The van der Waals surface area contributed by atoms with E-state index in [1.54, 1.807) is 23.4 Å². The van der Waals surface area contributed by atoms with Gasteiger partial charge in [-0.15, -0.1) is 10.2 Å². The van der Waals surface area contributed by atoms with Gasteiger partial charge in [-0.2, -0.15) is 5.10 Å². The number of piperazine rings is 1. The SMILES string of the molecule is O=C(Cn1nc(-c2ccccc2)ccc1=O)N1CCN(c2ccc(-c3ccncc3)nn2)CC1. The molecular formula is C25H23N7O2. The molecular weight excluding hydrogens is 430 g/mol. The van der Waals surface area contributed by atoms with Crippen LogP contribution in [0.2, 0.25) is 0 Å². The number of pyridine rings is 1. The molecule has 0 N–H and O–H groups in total. The van der Waals surface area contributed by atoms with E-state index in [-0.39, 0.29) is 18.0 Å². The summed E-state index contributed by atoms with van der Waals surface area (Å²) in [5.74, 6) is 0.650. The number of hydrogen-bond donors (Lipinski definition) is 0. The summed E-state index contributed by atoms with van der Waals surface area (Å²) >= 11 is 0. The molecule has 0 unspecified atom stereocenters.